The minimum absolute atomic E-state index is 0.0611. The third kappa shape index (κ3) is 4.79. The second-order valence-electron chi connectivity index (χ2n) is 4.70. The highest BCUT2D eigenvalue weighted by Gasteiger charge is 2.13. The molecule has 0 radical (unpaired) electrons. The van der Waals surface area contributed by atoms with E-state index in [1.165, 1.54) is 40.5 Å². The minimum atomic E-state index is -0.498. The fourth-order valence-corrected chi connectivity index (χ4v) is 2.97. The van der Waals surface area contributed by atoms with Crippen LogP contribution >= 0.6 is 34.5 Å². The van der Waals surface area contributed by atoms with Crippen molar-refractivity contribution in [2.45, 2.75) is 6.54 Å². The van der Waals surface area contributed by atoms with E-state index in [1.807, 2.05) is 6.07 Å². The molecule has 0 spiro atoms. The summed E-state index contributed by atoms with van der Waals surface area (Å²) in [7, 11) is 1.60. The third-order valence-electron chi connectivity index (χ3n) is 3.01. The first-order chi connectivity index (χ1) is 10.9. The summed E-state index contributed by atoms with van der Waals surface area (Å²) in [6.45, 7) is 0.175. The number of nitro benzene ring substituents is 1. The summed E-state index contributed by atoms with van der Waals surface area (Å²) in [5.74, 6) is -0.239. The van der Waals surface area contributed by atoms with E-state index in [9.17, 15) is 14.9 Å². The molecule has 0 saturated heterocycles. The second-order valence-corrected chi connectivity index (χ2v) is 6.86. The van der Waals surface area contributed by atoms with Gasteiger partial charge in [-0.2, -0.15) is 0 Å². The maximum atomic E-state index is 12.1. The van der Waals surface area contributed by atoms with Gasteiger partial charge in [-0.1, -0.05) is 23.2 Å². The Morgan fingerprint density at radius 3 is 2.70 bits per heavy atom. The lowest BCUT2D eigenvalue weighted by Gasteiger charge is -2.16. The number of nitro groups is 1. The Morgan fingerprint density at radius 2 is 2.09 bits per heavy atom. The number of hydrogen-bond acceptors (Lipinski definition) is 4. The largest absolute Gasteiger partial charge is 0.338 e. The predicted molar refractivity (Wildman–Crippen MR) is 92.9 cm³/mol. The van der Waals surface area contributed by atoms with Gasteiger partial charge in [-0.15, -0.1) is 11.3 Å². The molecule has 23 heavy (non-hydrogen) atoms. The van der Waals surface area contributed by atoms with Gasteiger partial charge in [0.2, 0.25) is 5.91 Å². The molecule has 0 saturated carbocycles. The summed E-state index contributed by atoms with van der Waals surface area (Å²) in [5.41, 5.74) is 0.457. The van der Waals surface area contributed by atoms with Crippen molar-refractivity contribution in [3.63, 3.8) is 0 Å². The van der Waals surface area contributed by atoms with Crippen LogP contribution in [0.5, 0.6) is 0 Å². The topological polar surface area (TPSA) is 63.4 Å². The number of benzene rings is 1. The van der Waals surface area contributed by atoms with Crippen LogP contribution in [0, 0.1) is 10.1 Å². The molecule has 0 N–H and O–H groups in total. The van der Waals surface area contributed by atoms with Crippen LogP contribution < -0.4 is 0 Å². The first kappa shape index (κ1) is 17.5. The molecule has 0 atom stereocenters. The fraction of sp³-hybridized carbons (Fsp3) is 0.133. The molecule has 8 heteroatoms. The van der Waals surface area contributed by atoms with Crippen LogP contribution in [0.2, 0.25) is 9.36 Å². The monoisotopic (exact) mass is 370 g/mol. The smallest absolute Gasteiger partial charge is 0.269 e. The molecule has 1 amide bonds. The van der Waals surface area contributed by atoms with Crippen molar-refractivity contribution >= 4 is 52.2 Å². The number of rotatable bonds is 5. The van der Waals surface area contributed by atoms with Crippen LogP contribution in [0.1, 0.15) is 10.4 Å². The van der Waals surface area contributed by atoms with Gasteiger partial charge in [0.05, 0.1) is 9.26 Å². The van der Waals surface area contributed by atoms with Crippen molar-refractivity contribution in [1.82, 2.24) is 4.90 Å². The van der Waals surface area contributed by atoms with E-state index in [0.29, 0.717) is 14.9 Å². The van der Waals surface area contributed by atoms with E-state index in [2.05, 4.69) is 0 Å². The van der Waals surface area contributed by atoms with E-state index in [4.69, 9.17) is 23.2 Å². The molecule has 2 aromatic rings. The molecule has 1 heterocycles. The maximum Gasteiger partial charge on any atom is 0.269 e. The number of halogens is 2. The van der Waals surface area contributed by atoms with Gasteiger partial charge >= 0.3 is 0 Å². The van der Waals surface area contributed by atoms with Crippen LogP contribution in [-0.2, 0) is 11.3 Å². The summed E-state index contributed by atoms with van der Waals surface area (Å²) in [5, 5.41) is 11.2. The molecular formula is C15H12Cl2N2O3S. The summed E-state index contributed by atoms with van der Waals surface area (Å²) in [6, 6.07) is 7.72. The van der Waals surface area contributed by atoms with E-state index < -0.39 is 4.92 Å². The molecule has 1 aromatic heterocycles. The van der Waals surface area contributed by atoms with Gasteiger partial charge in [0, 0.05) is 41.7 Å². The first-order valence-corrected chi connectivity index (χ1v) is 8.05. The number of likely N-dealkylation sites (N-methyl/N-ethyl adjacent to an activating group) is 1. The molecular weight excluding hydrogens is 359 g/mol. The average molecular weight is 371 g/mol. The normalized spacial score (nSPS) is 10.9. The van der Waals surface area contributed by atoms with Crippen molar-refractivity contribution in [3.8, 4) is 0 Å². The second kappa shape index (κ2) is 7.59. The number of non-ortho nitro benzene ring substituents is 1. The van der Waals surface area contributed by atoms with Crippen LogP contribution in [0.15, 0.2) is 36.4 Å². The molecule has 2 rings (SSSR count). The molecule has 0 fully saturated rings. The van der Waals surface area contributed by atoms with Gasteiger partial charge in [0.1, 0.15) is 0 Å². The lowest BCUT2D eigenvalue weighted by Crippen LogP contribution is -2.24. The minimum Gasteiger partial charge on any atom is -0.338 e. The number of hydrogen-bond donors (Lipinski definition) is 0. The summed E-state index contributed by atoms with van der Waals surface area (Å²) in [6.07, 6.45) is 3.10. The highest BCUT2D eigenvalue weighted by molar-refractivity contribution is 7.17. The summed E-state index contributed by atoms with van der Waals surface area (Å²) < 4.78 is 0.647. The highest BCUT2D eigenvalue weighted by Crippen LogP contribution is 2.24. The van der Waals surface area contributed by atoms with Crippen molar-refractivity contribution in [1.29, 1.82) is 0 Å². The average Bonchev–Trinajstić information content (AvgIpc) is 2.92. The Balaban J connectivity index is 2.07. The number of amides is 1. The number of carbonyl (C=O) groups excluding carboxylic acids is 1. The molecule has 5 nitrogen and oxygen atoms in total. The molecule has 0 bridgehead atoms. The van der Waals surface area contributed by atoms with Gasteiger partial charge < -0.3 is 4.90 Å². The van der Waals surface area contributed by atoms with Crippen LogP contribution in [0.3, 0.4) is 0 Å². The van der Waals surface area contributed by atoms with Crippen molar-refractivity contribution in [2.75, 3.05) is 7.05 Å². The zero-order chi connectivity index (χ0) is 17.0. The van der Waals surface area contributed by atoms with Crippen LogP contribution in [0.4, 0.5) is 5.69 Å². The Morgan fingerprint density at radius 1 is 1.35 bits per heavy atom. The van der Waals surface area contributed by atoms with E-state index in [0.717, 1.165) is 4.88 Å². The predicted octanol–water partition coefficient (Wildman–Crippen LogP) is 4.63. The highest BCUT2D eigenvalue weighted by atomic mass is 35.5. The van der Waals surface area contributed by atoms with Crippen molar-refractivity contribution in [2.24, 2.45) is 0 Å². The summed E-state index contributed by atoms with van der Waals surface area (Å²) >= 11 is 13.2. The van der Waals surface area contributed by atoms with E-state index in [-0.39, 0.29) is 18.1 Å². The van der Waals surface area contributed by atoms with Crippen molar-refractivity contribution < 1.29 is 9.72 Å². The molecule has 1 aromatic carbocycles. The molecule has 0 unspecified atom stereocenters. The Hall–Kier alpha value is -1.89. The zero-order valence-electron chi connectivity index (χ0n) is 12.0. The first-order valence-electron chi connectivity index (χ1n) is 6.48. The standard InChI is InChI=1S/C15H12Cl2N2O3S/c1-18(15(20)7-4-12-3-6-14(17)23-12)9-10-8-11(19(21)22)2-5-13(10)16/h2-8H,9H2,1H3/b7-4+. The van der Waals surface area contributed by atoms with E-state index in [1.54, 1.807) is 19.2 Å². The Kier molecular flexibility index (Phi) is 5.76. The summed E-state index contributed by atoms with van der Waals surface area (Å²) in [4.78, 5) is 24.7. The quantitative estimate of drug-likeness (QED) is 0.437. The van der Waals surface area contributed by atoms with Gasteiger partial charge in [0.15, 0.2) is 0 Å². The Bertz CT molecular complexity index is 774. The lowest BCUT2D eigenvalue weighted by atomic mass is 10.2. The Labute approximate surface area is 146 Å². The molecule has 0 aliphatic rings. The number of nitrogens with zero attached hydrogens (tertiary/aromatic N) is 2. The van der Waals surface area contributed by atoms with Gasteiger partial charge in [-0.3, -0.25) is 14.9 Å². The number of thiophene rings is 1. The zero-order valence-corrected chi connectivity index (χ0v) is 14.4. The molecule has 120 valence electrons. The maximum absolute atomic E-state index is 12.1. The SMILES string of the molecule is CN(Cc1cc([N+](=O)[O-])ccc1Cl)C(=O)/C=C/c1ccc(Cl)s1. The van der Waals surface area contributed by atoms with Gasteiger partial charge in [0.25, 0.3) is 5.69 Å². The third-order valence-corrected chi connectivity index (χ3v) is 4.57. The number of carbonyl (C=O) groups is 1. The van der Waals surface area contributed by atoms with Crippen LogP contribution in [-0.4, -0.2) is 22.8 Å². The van der Waals surface area contributed by atoms with Crippen molar-refractivity contribution in [3.05, 3.63) is 66.3 Å². The molecule has 0 aliphatic heterocycles. The lowest BCUT2D eigenvalue weighted by molar-refractivity contribution is -0.384. The van der Waals surface area contributed by atoms with E-state index >= 15 is 0 Å². The van der Waals surface area contributed by atoms with Gasteiger partial charge in [-0.25, -0.2) is 0 Å². The fourth-order valence-electron chi connectivity index (χ4n) is 1.83. The van der Waals surface area contributed by atoms with Crippen LogP contribution in [0.25, 0.3) is 6.08 Å². The van der Waals surface area contributed by atoms with Gasteiger partial charge in [-0.05, 0) is 29.8 Å². The molecule has 0 aliphatic carbocycles.